The molecule has 1 fully saturated rings. The van der Waals surface area contributed by atoms with Crippen molar-refractivity contribution in [2.24, 2.45) is 5.92 Å². The van der Waals surface area contributed by atoms with Crippen LogP contribution in [-0.4, -0.2) is 59.4 Å². The van der Waals surface area contributed by atoms with Gasteiger partial charge in [-0.1, -0.05) is 6.07 Å². The Morgan fingerprint density at radius 2 is 1.92 bits per heavy atom. The molecule has 1 aromatic rings. The third-order valence-electron chi connectivity index (χ3n) is 4.41. The summed E-state index contributed by atoms with van der Waals surface area (Å²) in [6, 6.07) is 4.27. The molecule has 1 aliphatic heterocycles. The van der Waals surface area contributed by atoms with Crippen molar-refractivity contribution in [2.45, 2.75) is 19.8 Å². The Morgan fingerprint density at radius 3 is 2.50 bits per heavy atom. The fraction of sp³-hybridized carbons (Fsp3) is 0.471. The van der Waals surface area contributed by atoms with Gasteiger partial charge >= 0.3 is 5.97 Å². The van der Waals surface area contributed by atoms with Gasteiger partial charge in [0.05, 0.1) is 12.5 Å². The van der Waals surface area contributed by atoms with E-state index < -0.39 is 23.6 Å². The third kappa shape index (κ3) is 3.90. The number of amides is 2. The van der Waals surface area contributed by atoms with E-state index in [1.165, 1.54) is 37.1 Å². The number of carbonyl (C=O) groups excluding carboxylic acids is 2. The first-order valence-electron chi connectivity index (χ1n) is 7.82. The lowest BCUT2D eigenvalue weighted by atomic mass is 9.97. The molecule has 1 aliphatic rings. The Labute approximate surface area is 139 Å². The van der Waals surface area contributed by atoms with E-state index in [2.05, 4.69) is 0 Å². The number of aliphatic carboxylic acids is 1. The number of likely N-dealkylation sites (tertiary alicyclic amines) is 1. The van der Waals surface area contributed by atoms with Gasteiger partial charge in [0.15, 0.2) is 0 Å². The molecule has 2 rings (SSSR count). The van der Waals surface area contributed by atoms with Gasteiger partial charge in [-0.2, -0.15) is 0 Å². The Bertz CT molecular complexity index is 654. The van der Waals surface area contributed by atoms with E-state index in [4.69, 9.17) is 5.11 Å². The summed E-state index contributed by atoms with van der Waals surface area (Å²) < 4.78 is 13.6. The first-order chi connectivity index (χ1) is 11.3. The van der Waals surface area contributed by atoms with Gasteiger partial charge in [0.1, 0.15) is 5.82 Å². The zero-order chi connectivity index (χ0) is 17.9. The Kier molecular flexibility index (Phi) is 5.54. The second-order valence-electron chi connectivity index (χ2n) is 6.07. The van der Waals surface area contributed by atoms with Crippen LogP contribution >= 0.6 is 0 Å². The zero-order valence-corrected chi connectivity index (χ0v) is 13.8. The number of carbonyl (C=O) groups is 3. The Hall–Kier alpha value is -2.44. The molecule has 0 aromatic heterocycles. The third-order valence-corrected chi connectivity index (χ3v) is 4.41. The number of piperidine rings is 1. The van der Waals surface area contributed by atoms with E-state index in [9.17, 15) is 18.8 Å². The van der Waals surface area contributed by atoms with Crippen molar-refractivity contribution in [1.29, 1.82) is 0 Å². The zero-order valence-electron chi connectivity index (χ0n) is 13.8. The molecule has 6 nitrogen and oxygen atoms in total. The van der Waals surface area contributed by atoms with Crippen LogP contribution in [0.3, 0.4) is 0 Å². The number of rotatable bonds is 4. The van der Waals surface area contributed by atoms with Crippen LogP contribution in [0.4, 0.5) is 4.39 Å². The largest absolute Gasteiger partial charge is 0.481 e. The molecule has 0 bridgehead atoms. The first kappa shape index (κ1) is 17.9. The normalized spacial score (nSPS) is 15.2. The van der Waals surface area contributed by atoms with Crippen LogP contribution < -0.4 is 0 Å². The van der Waals surface area contributed by atoms with E-state index in [0.29, 0.717) is 25.9 Å². The van der Waals surface area contributed by atoms with E-state index in [1.807, 2.05) is 0 Å². The lowest BCUT2D eigenvalue weighted by Crippen LogP contribution is -2.45. The second kappa shape index (κ2) is 7.42. The van der Waals surface area contributed by atoms with Gasteiger partial charge in [-0.15, -0.1) is 0 Å². The first-order valence-corrected chi connectivity index (χ1v) is 7.82. The van der Waals surface area contributed by atoms with E-state index in [0.717, 1.165) is 0 Å². The predicted octanol–water partition coefficient (Wildman–Crippen LogP) is 1.53. The quantitative estimate of drug-likeness (QED) is 0.904. The summed E-state index contributed by atoms with van der Waals surface area (Å²) in [5.41, 5.74) is 0.485. The molecule has 1 aromatic carbocycles. The van der Waals surface area contributed by atoms with Crippen molar-refractivity contribution in [3.63, 3.8) is 0 Å². The van der Waals surface area contributed by atoms with Crippen LogP contribution in [0.25, 0.3) is 0 Å². The van der Waals surface area contributed by atoms with E-state index >= 15 is 0 Å². The van der Waals surface area contributed by atoms with Crippen LogP contribution in [0.2, 0.25) is 0 Å². The lowest BCUT2D eigenvalue weighted by Gasteiger charge is -2.31. The van der Waals surface area contributed by atoms with Crippen LogP contribution in [0.1, 0.15) is 28.8 Å². The minimum atomic E-state index is -0.837. The van der Waals surface area contributed by atoms with Gasteiger partial charge in [0, 0.05) is 25.7 Å². The molecule has 1 heterocycles. The predicted molar refractivity (Wildman–Crippen MR) is 85.0 cm³/mol. The van der Waals surface area contributed by atoms with Gasteiger partial charge in [-0.3, -0.25) is 14.4 Å². The van der Waals surface area contributed by atoms with Crippen molar-refractivity contribution in [1.82, 2.24) is 9.80 Å². The summed E-state index contributed by atoms with van der Waals surface area (Å²) in [6.45, 7) is 2.15. The van der Waals surface area contributed by atoms with Crippen LogP contribution in [0, 0.1) is 18.7 Å². The average Bonchev–Trinajstić information content (AvgIpc) is 2.56. The van der Waals surface area contributed by atoms with Crippen molar-refractivity contribution >= 4 is 17.8 Å². The minimum absolute atomic E-state index is 0.119. The van der Waals surface area contributed by atoms with Gasteiger partial charge in [0.2, 0.25) is 5.91 Å². The van der Waals surface area contributed by atoms with Gasteiger partial charge in [-0.25, -0.2) is 4.39 Å². The summed E-state index contributed by atoms with van der Waals surface area (Å²) in [4.78, 5) is 38.4. The molecule has 0 saturated carbocycles. The maximum atomic E-state index is 13.6. The average molecular weight is 336 g/mol. The highest BCUT2D eigenvalue weighted by molar-refractivity contribution is 5.97. The van der Waals surface area contributed by atoms with Crippen LogP contribution in [-0.2, 0) is 9.59 Å². The number of likely N-dealkylation sites (N-methyl/N-ethyl adjacent to an activating group) is 1. The Morgan fingerprint density at radius 1 is 1.29 bits per heavy atom. The number of nitrogens with zero attached hydrogens (tertiary/aromatic N) is 2. The SMILES string of the molecule is Cc1c(F)cccc1C(=O)N(C)CC(=O)N1CCC(C(=O)O)CC1. The van der Waals surface area contributed by atoms with Crippen molar-refractivity contribution in [3.8, 4) is 0 Å². The highest BCUT2D eigenvalue weighted by atomic mass is 19.1. The molecule has 2 amide bonds. The fourth-order valence-corrected chi connectivity index (χ4v) is 2.80. The maximum absolute atomic E-state index is 13.6. The monoisotopic (exact) mass is 336 g/mol. The minimum Gasteiger partial charge on any atom is -0.481 e. The highest BCUT2D eigenvalue weighted by Crippen LogP contribution is 2.18. The van der Waals surface area contributed by atoms with Crippen molar-refractivity contribution in [2.75, 3.05) is 26.7 Å². The summed E-state index contributed by atoms with van der Waals surface area (Å²) in [7, 11) is 1.49. The summed E-state index contributed by atoms with van der Waals surface area (Å²) >= 11 is 0. The molecule has 0 radical (unpaired) electrons. The number of carboxylic acid groups (broad SMARTS) is 1. The Balaban J connectivity index is 1.95. The summed E-state index contributed by atoms with van der Waals surface area (Å²) in [5, 5.41) is 8.97. The molecule has 1 saturated heterocycles. The van der Waals surface area contributed by atoms with Crippen molar-refractivity contribution < 1.29 is 23.9 Å². The molecule has 24 heavy (non-hydrogen) atoms. The number of hydrogen-bond acceptors (Lipinski definition) is 3. The molecule has 0 unspecified atom stereocenters. The maximum Gasteiger partial charge on any atom is 0.306 e. The van der Waals surface area contributed by atoms with E-state index in [-0.39, 0.29) is 23.6 Å². The fourth-order valence-electron chi connectivity index (χ4n) is 2.80. The molecule has 1 N–H and O–H groups in total. The molecule has 7 heteroatoms. The molecule has 130 valence electrons. The smallest absolute Gasteiger partial charge is 0.306 e. The second-order valence-corrected chi connectivity index (χ2v) is 6.07. The van der Waals surface area contributed by atoms with Gasteiger partial charge in [0.25, 0.3) is 5.91 Å². The lowest BCUT2D eigenvalue weighted by molar-refractivity contribution is -0.145. The molecule has 0 aliphatic carbocycles. The number of carboxylic acids is 1. The van der Waals surface area contributed by atoms with Gasteiger partial charge in [-0.05, 0) is 37.5 Å². The summed E-state index contributed by atoms with van der Waals surface area (Å²) in [5.74, 6) is -2.36. The van der Waals surface area contributed by atoms with Crippen LogP contribution in [0.15, 0.2) is 18.2 Å². The highest BCUT2D eigenvalue weighted by Gasteiger charge is 2.28. The topological polar surface area (TPSA) is 77.9 Å². The van der Waals surface area contributed by atoms with Crippen molar-refractivity contribution in [3.05, 3.63) is 35.1 Å². The standard InChI is InChI=1S/C17H21FN2O4/c1-11-13(4-3-5-14(11)18)16(22)19(2)10-15(21)20-8-6-12(7-9-20)17(23)24/h3-5,12H,6-10H2,1-2H3,(H,23,24). The van der Waals surface area contributed by atoms with Gasteiger partial charge < -0.3 is 14.9 Å². The molecular weight excluding hydrogens is 315 g/mol. The molecule has 0 spiro atoms. The van der Waals surface area contributed by atoms with Crippen LogP contribution in [0.5, 0.6) is 0 Å². The molecule has 0 atom stereocenters. The van der Waals surface area contributed by atoms with E-state index in [1.54, 1.807) is 4.90 Å². The molecular formula is C17H21FN2O4. The summed E-state index contributed by atoms with van der Waals surface area (Å²) in [6.07, 6.45) is 0.837. The number of benzene rings is 1. The number of halogens is 1. The number of hydrogen-bond donors (Lipinski definition) is 1.